The van der Waals surface area contributed by atoms with Gasteiger partial charge in [-0.1, -0.05) is 31.4 Å². The number of H-pyrrole nitrogens is 1. The maximum absolute atomic E-state index is 11.7. The third kappa shape index (κ3) is 3.75. The Morgan fingerprint density at radius 3 is 2.58 bits per heavy atom. The van der Waals surface area contributed by atoms with Gasteiger partial charge in [0.2, 0.25) is 5.91 Å². The van der Waals surface area contributed by atoms with Gasteiger partial charge in [-0.3, -0.25) is 9.59 Å². The number of aromatic amines is 1. The molecule has 0 spiro atoms. The maximum Gasteiger partial charge on any atom is 0.251 e. The molecule has 5 N–H and O–H groups in total. The third-order valence-corrected chi connectivity index (χ3v) is 6.02. The Kier molecular flexibility index (Phi) is 5.14. The molecule has 0 aliphatic heterocycles. The fourth-order valence-corrected chi connectivity index (χ4v) is 4.70. The minimum Gasteiger partial charge on any atom is -0.369 e. The predicted octanol–water partition coefficient (Wildman–Crippen LogP) is 2.86. The quantitative estimate of drug-likeness (QED) is 0.750. The lowest BCUT2D eigenvalue weighted by atomic mass is 10.0. The van der Waals surface area contributed by atoms with Gasteiger partial charge in [0.15, 0.2) is 0 Å². The standard InChI is InChI=1S/C18H23N3O2S/c19-16(22)9-15-17(18(20)23)13-7-6-11(8-14(13)21-15)10-24-12-4-2-1-3-5-12/h6-8,12,21H,1-5,9-10H2,(H2,19,22)(H2,20,23). The van der Waals surface area contributed by atoms with Gasteiger partial charge < -0.3 is 16.5 Å². The Bertz CT molecular complexity index is 763. The summed E-state index contributed by atoms with van der Waals surface area (Å²) in [6, 6.07) is 5.99. The number of amides is 2. The van der Waals surface area contributed by atoms with Crippen molar-refractivity contribution in [3.8, 4) is 0 Å². The molecule has 2 aromatic rings. The van der Waals surface area contributed by atoms with E-state index in [-0.39, 0.29) is 6.42 Å². The number of nitrogens with two attached hydrogens (primary N) is 2. The molecule has 0 atom stereocenters. The number of aromatic nitrogens is 1. The van der Waals surface area contributed by atoms with Crippen LogP contribution in [0, 0.1) is 0 Å². The van der Waals surface area contributed by atoms with E-state index < -0.39 is 11.8 Å². The highest BCUT2D eigenvalue weighted by molar-refractivity contribution is 7.99. The molecule has 0 bridgehead atoms. The van der Waals surface area contributed by atoms with Crippen LogP contribution in [0.3, 0.4) is 0 Å². The fraction of sp³-hybridized carbons (Fsp3) is 0.444. The van der Waals surface area contributed by atoms with Crippen LogP contribution in [0.5, 0.6) is 0 Å². The fourth-order valence-electron chi connectivity index (χ4n) is 3.42. The van der Waals surface area contributed by atoms with Crippen molar-refractivity contribution in [2.45, 2.75) is 49.5 Å². The van der Waals surface area contributed by atoms with Gasteiger partial charge in [-0.05, 0) is 24.5 Å². The average molecular weight is 345 g/mol. The number of carbonyl (C=O) groups is 2. The molecule has 1 aromatic carbocycles. The summed E-state index contributed by atoms with van der Waals surface area (Å²) in [6.45, 7) is 0. The number of primary amides is 2. The van der Waals surface area contributed by atoms with Gasteiger partial charge in [0.1, 0.15) is 0 Å². The van der Waals surface area contributed by atoms with E-state index in [1.165, 1.54) is 37.7 Å². The monoisotopic (exact) mass is 345 g/mol. The SMILES string of the molecule is NC(=O)Cc1[nH]c2cc(CSC3CCCCC3)ccc2c1C(N)=O. The number of benzene rings is 1. The second-order valence-corrected chi connectivity index (χ2v) is 7.73. The highest BCUT2D eigenvalue weighted by atomic mass is 32.2. The number of fused-ring (bicyclic) bond motifs is 1. The van der Waals surface area contributed by atoms with Gasteiger partial charge in [-0.15, -0.1) is 0 Å². The number of rotatable bonds is 6. The van der Waals surface area contributed by atoms with Crippen molar-refractivity contribution in [1.82, 2.24) is 4.98 Å². The van der Waals surface area contributed by atoms with Gasteiger partial charge in [0.05, 0.1) is 12.0 Å². The van der Waals surface area contributed by atoms with Crippen molar-refractivity contribution < 1.29 is 9.59 Å². The zero-order valence-corrected chi connectivity index (χ0v) is 14.5. The zero-order chi connectivity index (χ0) is 17.1. The van der Waals surface area contributed by atoms with Crippen molar-refractivity contribution in [3.63, 3.8) is 0 Å². The first-order valence-corrected chi connectivity index (χ1v) is 9.42. The molecule has 0 saturated heterocycles. The molecule has 1 aliphatic carbocycles. The van der Waals surface area contributed by atoms with Crippen LogP contribution < -0.4 is 11.5 Å². The minimum atomic E-state index is -0.540. The lowest BCUT2D eigenvalue weighted by molar-refractivity contribution is -0.117. The summed E-state index contributed by atoms with van der Waals surface area (Å²) in [6.07, 6.45) is 6.65. The van der Waals surface area contributed by atoms with E-state index in [1.807, 2.05) is 30.0 Å². The van der Waals surface area contributed by atoms with Crippen LogP contribution in [0.15, 0.2) is 18.2 Å². The van der Waals surface area contributed by atoms with E-state index in [9.17, 15) is 9.59 Å². The maximum atomic E-state index is 11.7. The van der Waals surface area contributed by atoms with Crippen molar-refractivity contribution >= 4 is 34.5 Å². The Morgan fingerprint density at radius 2 is 1.92 bits per heavy atom. The topological polar surface area (TPSA) is 102 Å². The van der Waals surface area contributed by atoms with Crippen molar-refractivity contribution in [1.29, 1.82) is 0 Å². The lowest BCUT2D eigenvalue weighted by Gasteiger charge is -2.20. The molecule has 1 heterocycles. The average Bonchev–Trinajstić information content (AvgIpc) is 2.90. The highest BCUT2D eigenvalue weighted by Gasteiger charge is 2.18. The molecular weight excluding hydrogens is 322 g/mol. The molecule has 1 saturated carbocycles. The summed E-state index contributed by atoms with van der Waals surface area (Å²) >= 11 is 2.01. The summed E-state index contributed by atoms with van der Waals surface area (Å²) in [5.74, 6) is -0.0737. The number of hydrogen-bond acceptors (Lipinski definition) is 3. The van der Waals surface area contributed by atoms with Crippen LogP contribution in [0.2, 0.25) is 0 Å². The molecule has 2 amide bonds. The molecule has 1 aromatic heterocycles. The molecule has 1 aliphatic rings. The third-order valence-electron chi connectivity index (χ3n) is 4.58. The normalized spacial score (nSPS) is 15.7. The first-order valence-electron chi connectivity index (χ1n) is 8.38. The number of thioether (sulfide) groups is 1. The number of hydrogen-bond donors (Lipinski definition) is 3. The molecule has 128 valence electrons. The van der Waals surface area contributed by atoms with E-state index in [4.69, 9.17) is 11.5 Å². The minimum absolute atomic E-state index is 0.0148. The van der Waals surface area contributed by atoms with Crippen LogP contribution in [0.25, 0.3) is 10.9 Å². The Hall–Kier alpha value is -1.95. The second-order valence-electron chi connectivity index (χ2n) is 6.44. The second kappa shape index (κ2) is 7.30. The highest BCUT2D eigenvalue weighted by Crippen LogP contribution is 2.31. The summed E-state index contributed by atoms with van der Waals surface area (Å²) in [5.41, 5.74) is 13.7. The van der Waals surface area contributed by atoms with E-state index in [0.717, 1.165) is 21.9 Å². The Labute approximate surface area is 145 Å². The molecule has 6 heteroatoms. The van der Waals surface area contributed by atoms with Crippen molar-refractivity contribution in [2.24, 2.45) is 11.5 Å². The van der Waals surface area contributed by atoms with Crippen LogP contribution in [0.4, 0.5) is 0 Å². The van der Waals surface area contributed by atoms with Gasteiger partial charge in [-0.2, -0.15) is 11.8 Å². The molecule has 24 heavy (non-hydrogen) atoms. The van der Waals surface area contributed by atoms with Crippen LogP contribution in [0.1, 0.15) is 53.7 Å². The summed E-state index contributed by atoms with van der Waals surface area (Å²) in [7, 11) is 0. The molecular formula is C18H23N3O2S. The van der Waals surface area contributed by atoms with Crippen LogP contribution in [-0.4, -0.2) is 22.0 Å². The number of nitrogens with one attached hydrogen (secondary N) is 1. The predicted molar refractivity (Wildman–Crippen MR) is 97.9 cm³/mol. The van der Waals surface area contributed by atoms with Gasteiger partial charge in [-0.25, -0.2) is 0 Å². The molecule has 5 nitrogen and oxygen atoms in total. The van der Waals surface area contributed by atoms with Gasteiger partial charge in [0, 0.05) is 27.6 Å². The van der Waals surface area contributed by atoms with Gasteiger partial charge >= 0.3 is 0 Å². The van der Waals surface area contributed by atoms with Crippen LogP contribution >= 0.6 is 11.8 Å². The Balaban J connectivity index is 1.82. The lowest BCUT2D eigenvalue weighted by Crippen LogP contribution is -2.18. The molecule has 1 fully saturated rings. The summed E-state index contributed by atoms with van der Waals surface area (Å²) < 4.78 is 0. The van der Waals surface area contributed by atoms with Crippen molar-refractivity contribution in [2.75, 3.05) is 0 Å². The van der Waals surface area contributed by atoms with Crippen molar-refractivity contribution in [3.05, 3.63) is 35.0 Å². The zero-order valence-electron chi connectivity index (χ0n) is 13.6. The van der Waals surface area contributed by atoms with E-state index in [1.54, 1.807) is 0 Å². The molecule has 0 radical (unpaired) electrons. The summed E-state index contributed by atoms with van der Waals surface area (Å²) in [4.78, 5) is 26.1. The van der Waals surface area contributed by atoms with Crippen LogP contribution in [-0.2, 0) is 17.0 Å². The smallest absolute Gasteiger partial charge is 0.251 e. The summed E-state index contributed by atoms with van der Waals surface area (Å²) in [5, 5.41) is 1.51. The molecule has 3 rings (SSSR count). The van der Waals surface area contributed by atoms with E-state index >= 15 is 0 Å². The first kappa shape index (κ1) is 16.9. The Morgan fingerprint density at radius 1 is 1.17 bits per heavy atom. The largest absolute Gasteiger partial charge is 0.369 e. The van der Waals surface area contributed by atoms with Gasteiger partial charge in [0.25, 0.3) is 5.91 Å². The number of carbonyl (C=O) groups excluding carboxylic acids is 2. The molecule has 0 unspecified atom stereocenters. The van der Waals surface area contributed by atoms with E-state index in [0.29, 0.717) is 11.3 Å². The van der Waals surface area contributed by atoms with E-state index in [2.05, 4.69) is 4.98 Å². The first-order chi connectivity index (χ1) is 11.5.